The van der Waals surface area contributed by atoms with Crippen LogP contribution in [0, 0.1) is 0 Å². The first kappa shape index (κ1) is 20.3. The number of esters is 1. The van der Waals surface area contributed by atoms with Crippen LogP contribution in [0.1, 0.15) is 30.3 Å². The molecule has 1 aliphatic rings. The van der Waals surface area contributed by atoms with Crippen LogP contribution in [-0.2, 0) is 9.53 Å². The van der Waals surface area contributed by atoms with Gasteiger partial charge in [-0.2, -0.15) is 0 Å². The Hall–Kier alpha value is -2.97. The zero-order chi connectivity index (χ0) is 21.3. The van der Waals surface area contributed by atoms with E-state index in [1.807, 2.05) is 47.9 Å². The summed E-state index contributed by atoms with van der Waals surface area (Å²) < 4.78 is 13.0. The third-order valence-electron chi connectivity index (χ3n) is 4.77. The summed E-state index contributed by atoms with van der Waals surface area (Å²) >= 11 is 2.87. The third-order valence-corrected chi connectivity index (χ3v) is 6.57. The summed E-state index contributed by atoms with van der Waals surface area (Å²) in [5.74, 6) is 0.106. The van der Waals surface area contributed by atoms with Gasteiger partial charge in [0.05, 0.1) is 29.5 Å². The minimum Gasteiger partial charge on any atom is -0.496 e. The fraction of sp³-hybridized carbons (Fsp3) is 0.227. The van der Waals surface area contributed by atoms with E-state index in [1.54, 1.807) is 36.9 Å². The highest BCUT2D eigenvalue weighted by Crippen LogP contribution is 2.35. The van der Waals surface area contributed by atoms with Crippen molar-refractivity contribution in [1.82, 2.24) is 4.57 Å². The third kappa shape index (κ3) is 3.53. The van der Waals surface area contributed by atoms with Crippen LogP contribution in [0.4, 0.5) is 0 Å². The number of hydrogen-bond donors (Lipinski definition) is 0. The van der Waals surface area contributed by atoms with Gasteiger partial charge in [0.2, 0.25) is 0 Å². The number of fused-ring (bicyclic) bond motifs is 1. The zero-order valence-electron chi connectivity index (χ0n) is 16.7. The molecule has 3 aromatic rings. The van der Waals surface area contributed by atoms with Gasteiger partial charge in [-0.3, -0.25) is 9.36 Å². The van der Waals surface area contributed by atoms with Crippen molar-refractivity contribution in [3.8, 4) is 5.75 Å². The predicted molar refractivity (Wildman–Crippen MR) is 118 cm³/mol. The van der Waals surface area contributed by atoms with Crippen LogP contribution in [0.5, 0.6) is 5.75 Å². The topological polar surface area (TPSA) is 69.9 Å². The standard InChI is InChI=1S/C22H20N2O4S2/c1-4-28-21(26)18-13(2)23-22-24(19(18)15-9-5-6-10-16(15)27-3)20(25)17(30-22)12-14-8-7-11-29-14/h5-12,19H,4H2,1-3H3/b17-12-. The number of aromatic nitrogens is 1. The molecule has 0 radical (unpaired) electrons. The molecular weight excluding hydrogens is 420 g/mol. The van der Waals surface area contributed by atoms with Crippen LogP contribution in [0.3, 0.4) is 0 Å². The van der Waals surface area contributed by atoms with E-state index < -0.39 is 12.0 Å². The SMILES string of the molecule is CCOC(=O)C1=C(C)N=c2s/c(=C\c3cccs3)c(=O)n2C1c1ccccc1OC. The van der Waals surface area contributed by atoms with Gasteiger partial charge < -0.3 is 9.47 Å². The van der Waals surface area contributed by atoms with Crippen molar-refractivity contribution >= 4 is 34.7 Å². The second kappa shape index (κ2) is 8.41. The molecule has 0 saturated heterocycles. The second-order valence-electron chi connectivity index (χ2n) is 6.56. The number of methoxy groups -OCH3 is 1. The van der Waals surface area contributed by atoms with Crippen molar-refractivity contribution in [2.45, 2.75) is 19.9 Å². The first-order chi connectivity index (χ1) is 14.5. The molecule has 154 valence electrons. The highest BCUT2D eigenvalue weighted by Gasteiger charge is 2.34. The molecule has 0 fully saturated rings. The minimum atomic E-state index is -0.679. The van der Waals surface area contributed by atoms with Gasteiger partial charge in [-0.1, -0.05) is 35.6 Å². The summed E-state index contributed by atoms with van der Waals surface area (Å²) in [4.78, 5) is 32.4. The molecule has 4 rings (SSSR count). The molecule has 0 spiro atoms. The van der Waals surface area contributed by atoms with E-state index in [0.717, 1.165) is 4.88 Å². The van der Waals surface area contributed by atoms with E-state index in [4.69, 9.17) is 9.47 Å². The van der Waals surface area contributed by atoms with E-state index in [0.29, 0.717) is 31.9 Å². The average Bonchev–Trinajstić information content (AvgIpc) is 3.35. The summed E-state index contributed by atoms with van der Waals surface area (Å²) in [7, 11) is 1.57. The molecule has 1 atom stereocenters. The van der Waals surface area contributed by atoms with Gasteiger partial charge in [0.25, 0.3) is 5.56 Å². The average molecular weight is 441 g/mol. The number of thiazole rings is 1. The lowest BCUT2D eigenvalue weighted by molar-refractivity contribution is -0.139. The first-order valence-corrected chi connectivity index (χ1v) is 11.1. The van der Waals surface area contributed by atoms with Gasteiger partial charge in [0.15, 0.2) is 4.80 Å². The van der Waals surface area contributed by atoms with E-state index >= 15 is 0 Å². The van der Waals surface area contributed by atoms with E-state index in [1.165, 1.54) is 11.3 Å². The number of ether oxygens (including phenoxy) is 2. The van der Waals surface area contributed by atoms with Crippen molar-refractivity contribution in [2.24, 2.45) is 4.99 Å². The number of nitrogens with zero attached hydrogens (tertiary/aromatic N) is 2. The van der Waals surface area contributed by atoms with Crippen molar-refractivity contribution in [3.05, 3.63) is 83.2 Å². The van der Waals surface area contributed by atoms with Crippen molar-refractivity contribution in [1.29, 1.82) is 0 Å². The summed E-state index contributed by atoms with van der Waals surface area (Å²) in [6, 6.07) is 10.6. The van der Waals surface area contributed by atoms with Gasteiger partial charge in [0, 0.05) is 10.4 Å². The largest absolute Gasteiger partial charge is 0.496 e. The van der Waals surface area contributed by atoms with Gasteiger partial charge >= 0.3 is 5.97 Å². The molecule has 30 heavy (non-hydrogen) atoms. The Bertz CT molecular complexity index is 1300. The molecule has 8 heteroatoms. The number of rotatable bonds is 5. The molecule has 0 bridgehead atoms. The fourth-order valence-electron chi connectivity index (χ4n) is 3.48. The van der Waals surface area contributed by atoms with Gasteiger partial charge in [-0.25, -0.2) is 9.79 Å². The summed E-state index contributed by atoms with van der Waals surface area (Å²) in [6.07, 6.45) is 1.86. The lowest BCUT2D eigenvalue weighted by Gasteiger charge is -2.25. The number of para-hydroxylation sites is 1. The van der Waals surface area contributed by atoms with Crippen LogP contribution < -0.4 is 19.6 Å². The Kier molecular flexibility index (Phi) is 5.69. The lowest BCUT2D eigenvalue weighted by atomic mass is 9.95. The normalized spacial score (nSPS) is 16.2. The van der Waals surface area contributed by atoms with Crippen molar-refractivity contribution in [3.63, 3.8) is 0 Å². The Labute approximate surface area is 181 Å². The molecule has 0 aliphatic carbocycles. The molecule has 2 aromatic heterocycles. The Morgan fingerprint density at radius 3 is 2.77 bits per heavy atom. The number of thiophene rings is 1. The Balaban J connectivity index is 2.01. The molecule has 0 amide bonds. The number of hydrogen-bond acceptors (Lipinski definition) is 7. The second-order valence-corrected chi connectivity index (χ2v) is 8.55. The quantitative estimate of drug-likeness (QED) is 0.572. The van der Waals surface area contributed by atoms with Crippen LogP contribution in [0.2, 0.25) is 0 Å². The van der Waals surface area contributed by atoms with Gasteiger partial charge in [-0.15, -0.1) is 11.3 Å². The smallest absolute Gasteiger partial charge is 0.338 e. The van der Waals surface area contributed by atoms with Crippen molar-refractivity contribution in [2.75, 3.05) is 13.7 Å². The maximum Gasteiger partial charge on any atom is 0.338 e. The van der Waals surface area contributed by atoms with Gasteiger partial charge in [-0.05, 0) is 37.4 Å². The van der Waals surface area contributed by atoms with Crippen LogP contribution in [0.15, 0.2) is 62.8 Å². The summed E-state index contributed by atoms with van der Waals surface area (Å²) in [5.41, 5.74) is 1.39. The number of carbonyl (C=O) groups is 1. The molecule has 1 aliphatic heterocycles. The number of carbonyl (C=O) groups excluding carboxylic acids is 1. The van der Waals surface area contributed by atoms with Crippen LogP contribution in [-0.4, -0.2) is 24.3 Å². The van der Waals surface area contributed by atoms with E-state index in [2.05, 4.69) is 4.99 Å². The molecule has 3 heterocycles. The molecule has 0 saturated carbocycles. The summed E-state index contributed by atoms with van der Waals surface area (Å²) in [6.45, 7) is 3.75. The molecule has 1 aromatic carbocycles. The lowest BCUT2D eigenvalue weighted by Crippen LogP contribution is -2.40. The first-order valence-electron chi connectivity index (χ1n) is 9.41. The highest BCUT2D eigenvalue weighted by molar-refractivity contribution is 7.11. The maximum absolute atomic E-state index is 13.4. The van der Waals surface area contributed by atoms with Crippen molar-refractivity contribution < 1.29 is 14.3 Å². The summed E-state index contributed by atoms with van der Waals surface area (Å²) in [5, 5.41) is 1.96. The zero-order valence-corrected chi connectivity index (χ0v) is 18.4. The predicted octanol–water partition coefficient (Wildman–Crippen LogP) is 2.87. The molecular formula is C22H20N2O4S2. The van der Waals surface area contributed by atoms with E-state index in [9.17, 15) is 9.59 Å². The number of allylic oxidation sites excluding steroid dienone is 1. The monoisotopic (exact) mass is 440 g/mol. The van der Waals surface area contributed by atoms with E-state index in [-0.39, 0.29) is 12.2 Å². The van der Waals surface area contributed by atoms with Gasteiger partial charge in [0.1, 0.15) is 11.8 Å². The maximum atomic E-state index is 13.4. The molecule has 6 nitrogen and oxygen atoms in total. The molecule has 0 N–H and O–H groups in total. The molecule has 1 unspecified atom stereocenters. The van der Waals surface area contributed by atoms with Crippen LogP contribution >= 0.6 is 22.7 Å². The number of benzene rings is 1. The Morgan fingerprint density at radius 1 is 1.27 bits per heavy atom. The fourth-order valence-corrected chi connectivity index (χ4v) is 5.25. The Morgan fingerprint density at radius 2 is 2.07 bits per heavy atom. The minimum absolute atomic E-state index is 0.197. The van der Waals surface area contributed by atoms with Crippen LogP contribution in [0.25, 0.3) is 6.08 Å². The highest BCUT2D eigenvalue weighted by atomic mass is 32.1.